The fraction of sp³-hybridized carbons (Fsp3) is 0.353. The van der Waals surface area contributed by atoms with E-state index in [1.54, 1.807) is 24.5 Å². The summed E-state index contributed by atoms with van der Waals surface area (Å²) in [5, 5.41) is 6.09. The maximum absolute atomic E-state index is 12.2. The molecule has 4 rings (SSSR count). The van der Waals surface area contributed by atoms with Crippen LogP contribution in [0.3, 0.4) is 0 Å². The van der Waals surface area contributed by atoms with Gasteiger partial charge in [-0.1, -0.05) is 6.07 Å². The van der Waals surface area contributed by atoms with Crippen molar-refractivity contribution in [1.82, 2.24) is 15.6 Å². The molecule has 1 amide bonds. The Balaban J connectivity index is 1.54. The van der Waals surface area contributed by atoms with Crippen LogP contribution in [0, 0.1) is 0 Å². The molecular formula is C17H18N4O2S. The van der Waals surface area contributed by atoms with Crippen LogP contribution >= 0.6 is 11.3 Å². The van der Waals surface area contributed by atoms with E-state index < -0.39 is 0 Å². The first-order valence-corrected chi connectivity index (χ1v) is 8.85. The maximum Gasteiger partial charge on any atom is 0.276 e. The number of nitrogens with one attached hydrogen (secondary N) is 2. The molecule has 1 aliphatic heterocycles. The molecule has 2 aromatic rings. The SMILES string of the molecule is CO[C@@H]1CCC[C@H]1NC1=N/C(=C\c2ccc3ncsc3c2)C(=O)N1. The fourth-order valence-corrected chi connectivity index (χ4v) is 3.93. The molecular weight excluding hydrogens is 324 g/mol. The van der Waals surface area contributed by atoms with Crippen molar-refractivity contribution < 1.29 is 9.53 Å². The van der Waals surface area contributed by atoms with Gasteiger partial charge < -0.3 is 10.1 Å². The first-order valence-electron chi connectivity index (χ1n) is 7.97. The summed E-state index contributed by atoms with van der Waals surface area (Å²) >= 11 is 1.58. The van der Waals surface area contributed by atoms with Crippen LogP contribution in [0.5, 0.6) is 0 Å². The Kier molecular flexibility index (Phi) is 4.03. The molecule has 1 aromatic heterocycles. The number of hydrogen-bond donors (Lipinski definition) is 2. The highest BCUT2D eigenvalue weighted by molar-refractivity contribution is 7.16. The highest BCUT2D eigenvalue weighted by Crippen LogP contribution is 2.23. The highest BCUT2D eigenvalue weighted by Gasteiger charge is 2.30. The average Bonchev–Trinajstić information content (AvgIpc) is 3.28. The van der Waals surface area contributed by atoms with E-state index in [1.807, 2.05) is 23.7 Å². The summed E-state index contributed by atoms with van der Waals surface area (Å²) in [6, 6.07) is 6.12. The van der Waals surface area contributed by atoms with E-state index in [4.69, 9.17) is 4.74 Å². The first kappa shape index (κ1) is 15.3. The summed E-state index contributed by atoms with van der Waals surface area (Å²) in [6.45, 7) is 0. The minimum atomic E-state index is -0.186. The number of fused-ring (bicyclic) bond motifs is 1. The largest absolute Gasteiger partial charge is 0.379 e. The van der Waals surface area contributed by atoms with Crippen molar-refractivity contribution in [2.75, 3.05) is 7.11 Å². The zero-order valence-electron chi connectivity index (χ0n) is 13.3. The third-order valence-electron chi connectivity index (χ3n) is 4.43. The number of aromatic nitrogens is 1. The Labute approximate surface area is 143 Å². The van der Waals surface area contributed by atoms with Gasteiger partial charge in [-0.2, -0.15) is 0 Å². The summed E-state index contributed by atoms with van der Waals surface area (Å²) in [7, 11) is 1.72. The van der Waals surface area contributed by atoms with Crippen LogP contribution in [-0.4, -0.2) is 36.1 Å². The predicted octanol–water partition coefficient (Wildman–Crippen LogP) is 2.28. The average molecular weight is 342 g/mol. The Morgan fingerprint density at radius 3 is 3.21 bits per heavy atom. The van der Waals surface area contributed by atoms with Gasteiger partial charge in [0.05, 0.1) is 27.9 Å². The van der Waals surface area contributed by atoms with E-state index in [1.165, 1.54) is 0 Å². The molecule has 2 aliphatic rings. The van der Waals surface area contributed by atoms with Gasteiger partial charge in [-0.05, 0) is 43.0 Å². The fourth-order valence-electron chi connectivity index (χ4n) is 3.21. The van der Waals surface area contributed by atoms with Gasteiger partial charge in [0, 0.05) is 7.11 Å². The van der Waals surface area contributed by atoms with Crippen molar-refractivity contribution in [3.8, 4) is 0 Å². The summed E-state index contributed by atoms with van der Waals surface area (Å²) < 4.78 is 6.56. The minimum Gasteiger partial charge on any atom is -0.379 e. The number of carbonyl (C=O) groups excluding carboxylic acids is 1. The van der Waals surface area contributed by atoms with Crippen LogP contribution in [0.2, 0.25) is 0 Å². The number of methoxy groups -OCH3 is 1. The number of carbonyl (C=O) groups is 1. The van der Waals surface area contributed by atoms with Crippen molar-refractivity contribution in [1.29, 1.82) is 0 Å². The van der Waals surface area contributed by atoms with Crippen molar-refractivity contribution in [2.24, 2.45) is 4.99 Å². The second-order valence-corrected chi connectivity index (χ2v) is 6.87. The lowest BCUT2D eigenvalue weighted by Crippen LogP contribution is -2.46. The maximum atomic E-state index is 12.2. The number of benzene rings is 1. The van der Waals surface area contributed by atoms with Crippen molar-refractivity contribution in [3.05, 3.63) is 35.0 Å². The molecule has 0 radical (unpaired) electrons. The summed E-state index contributed by atoms with van der Waals surface area (Å²) in [5.41, 5.74) is 4.14. The Bertz CT molecular complexity index is 842. The standard InChI is InChI=1S/C17H18N4O2S/c1-23-14-4-2-3-11(14)19-17-20-13(16(22)21-17)7-10-5-6-12-15(8-10)24-9-18-12/h5-9,11,14H,2-4H2,1H3,(H2,19,20,21,22)/b13-7-/t11-,14-/m1/s1. The quantitative estimate of drug-likeness (QED) is 0.839. The first-order chi connectivity index (χ1) is 11.7. The number of guanidine groups is 1. The number of amides is 1. The van der Waals surface area contributed by atoms with Crippen molar-refractivity contribution in [2.45, 2.75) is 31.4 Å². The van der Waals surface area contributed by atoms with Gasteiger partial charge in [-0.25, -0.2) is 9.98 Å². The molecule has 0 unspecified atom stereocenters. The van der Waals surface area contributed by atoms with E-state index in [2.05, 4.69) is 20.6 Å². The van der Waals surface area contributed by atoms with Gasteiger partial charge in [-0.15, -0.1) is 11.3 Å². The molecule has 2 N–H and O–H groups in total. The normalized spacial score (nSPS) is 25.3. The summed E-state index contributed by atoms with van der Waals surface area (Å²) in [6.07, 6.45) is 5.15. The smallest absolute Gasteiger partial charge is 0.276 e. The van der Waals surface area contributed by atoms with Crippen LogP contribution in [0.15, 0.2) is 34.4 Å². The van der Waals surface area contributed by atoms with Gasteiger partial charge in [0.1, 0.15) is 5.70 Å². The van der Waals surface area contributed by atoms with Gasteiger partial charge in [0.15, 0.2) is 0 Å². The van der Waals surface area contributed by atoms with Gasteiger partial charge >= 0.3 is 0 Å². The number of thiazole rings is 1. The molecule has 1 aromatic carbocycles. The Morgan fingerprint density at radius 1 is 1.42 bits per heavy atom. The Hall–Kier alpha value is -2.25. The third kappa shape index (κ3) is 2.92. The number of nitrogens with zero attached hydrogens (tertiary/aromatic N) is 2. The van der Waals surface area contributed by atoms with Crippen LogP contribution in [0.25, 0.3) is 16.3 Å². The van der Waals surface area contributed by atoms with Crippen LogP contribution in [0.1, 0.15) is 24.8 Å². The molecule has 2 heterocycles. The van der Waals surface area contributed by atoms with Crippen LogP contribution in [0.4, 0.5) is 0 Å². The number of hydrogen-bond acceptors (Lipinski definition) is 6. The van der Waals surface area contributed by atoms with Gasteiger partial charge in [-0.3, -0.25) is 10.1 Å². The molecule has 2 atom stereocenters. The van der Waals surface area contributed by atoms with Crippen LogP contribution in [-0.2, 0) is 9.53 Å². The molecule has 6 nitrogen and oxygen atoms in total. The molecule has 1 aliphatic carbocycles. The third-order valence-corrected chi connectivity index (χ3v) is 5.22. The van der Waals surface area contributed by atoms with E-state index in [0.717, 1.165) is 35.0 Å². The van der Waals surface area contributed by atoms with E-state index in [9.17, 15) is 4.79 Å². The number of rotatable bonds is 3. The second kappa shape index (κ2) is 6.33. The van der Waals surface area contributed by atoms with E-state index in [-0.39, 0.29) is 18.1 Å². The molecule has 1 saturated carbocycles. The monoisotopic (exact) mass is 342 g/mol. The minimum absolute atomic E-state index is 0.173. The summed E-state index contributed by atoms with van der Waals surface area (Å²) in [5.74, 6) is 0.327. The summed E-state index contributed by atoms with van der Waals surface area (Å²) in [4.78, 5) is 20.8. The topological polar surface area (TPSA) is 75.6 Å². The molecule has 124 valence electrons. The van der Waals surface area contributed by atoms with Crippen LogP contribution < -0.4 is 10.6 Å². The van der Waals surface area contributed by atoms with Crippen molar-refractivity contribution in [3.63, 3.8) is 0 Å². The lowest BCUT2D eigenvalue weighted by atomic mass is 10.2. The molecule has 24 heavy (non-hydrogen) atoms. The van der Waals surface area contributed by atoms with E-state index in [0.29, 0.717) is 11.7 Å². The molecule has 1 fully saturated rings. The molecule has 0 spiro atoms. The highest BCUT2D eigenvalue weighted by atomic mass is 32.1. The second-order valence-electron chi connectivity index (χ2n) is 5.98. The zero-order chi connectivity index (χ0) is 16.5. The van der Waals surface area contributed by atoms with Crippen molar-refractivity contribution >= 4 is 39.5 Å². The number of aliphatic imine (C=N–C) groups is 1. The Morgan fingerprint density at radius 2 is 2.33 bits per heavy atom. The van der Waals surface area contributed by atoms with E-state index >= 15 is 0 Å². The predicted molar refractivity (Wildman–Crippen MR) is 94.7 cm³/mol. The molecule has 7 heteroatoms. The van der Waals surface area contributed by atoms with Gasteiger partial charge in [0.25, 0.3) is 5.91 Å². The molecule has 0 saturated heterocycles. The molecule has 0 bridgehead atoms. The lowest BCUT2D eigenvalue weighted by molar-refractivity contribution is -0.115. The number of ether oxygens (including phenoxy) is 1. The van der Waals surface area contributed by atoms with Gasteiger partial charge in [0.2, 0.25) is 5.96 Å². The lowest BCUT2D eigenvalue weighted by Gasteiger charge is -2.19. The zero-order valence-corrected chi connectivity index (χ0v) is 14.1.